The predicted octanol–water partition coefficient (Wildman–Crippen LogP) is 1.55. The molecule has 0 amide bonds. The number of aliphatic hydroxyl groups is 4. The normalized spacial score (nSPS) is 7.06. The second-order valence-corrected chi connectivity index (χ2v) is 2.79. The molecule has 0 aromatic carbocycles. The van der Waals surface area contributed by atoms with Gasteiger partial charge in [-0.15, -0.1) is 0 Å². The molecule has 4 nitrogen and oxygen atoms in total. The smallest absolute Gasteiger partial charge is 0.0430 e. The van der Waals surface area contributed by atoms with Crippen LogP contribution in [0.4, 0.5) is 0 Å². The maximum absolute atomic E-state index is 8.07. The van der Waals surface area contributed by atoms with Gasteiger partial charge < -0.3 is 20.4 Å². The molecule has 4 N–H and O–H groups in total. The van der Waals surface area contributed by atoms with Crippen LogP contribution in [-0.2, 0) is 21.7 Å². The summed E-state index contributed by atoms with van der Waals surface area (Å²) in [5.41, 5.74) is 0. The van der Waals surface area contributed by atoms with Crippen LogP contribution in [0.5, 0.6) is 0 Å². The van der Waals surface area contributed by atoms with Crippen molar-refractivity contribution >= 4 is 0 Å². The molecule has 0 saturated heterocycles. The third-order valence-electron chi connectivity index (χ3n) is 1.02. The molecule has 0 saturated carbocycles. The van der Waals surface area contributed by atoms with Crippen LogP contribution in [0.25, 0.3) is 0 Å². The Morgan fingerprint density at radius 1 is 0.588 bits per heavy atom. The Bertz CT molecular complexity index is 54.5. The van der Waals surface area contributed by atoms with Gasteiger partial charge in [0.15, 0.2) is 0 Å². The minimum Gasteiger partial charge on any atom is -0.397 e. The van der Waals surface area contributed by atoms with Crippen LogP contribution in [0.15, 0.2) is 0 Å². The average Bonchev–Trinajstić information content (AvgIpc) is 2.23. The van der Waals surface area contributed by atoms with Gasteiger partial charge in [0.05, 0.1) is 0 Å². The Hall–Kier alpha value is 0.554. The van der Waals surface area contributed by atoms with Gasteiger partial charge in [0.2, 0.25) is 0 Å². The molecular weight excluding hydrogens is 256 g/mol. The van der Waals surface area contributed by atoms with Crippen molar-refractivity contribution in [3.63, 3.8) is 0 Å². The first-order chi connectivity index (χ1) is 7.66. The van der Waals surface area contributed by atoms with E-state index in [4.69, 9.17) is 20.4 Å². The second-order valence-electron chi connectivity index (χ2n) is 2.79. The molecule has 17 heavy (non-hydrogen) atoms. The Balaban J connectivity index is -0.0000000381. The SMILES string of the molecule is CCCCO.CCCCO.CCO.CCO.[Ti]. The molecule has 108 valence electrons. The first kappa shape index (κ1) is 30.5. The van der Waals surface area contributed by atoms with E-state index in [0.29, 0.717) is 13.2 Å². The van der Waals surface area contributed by atoms with Gasteiger partial charge in [0.1, 0.15) is 0 Å². The number of unbranched alkanes of at least 4 members (excludes halogenated alkanes) is 2. The van der Waals surface area contributed by atoms with Crippen molar-refractivity contribution in [1.82, 2.24) is 0 Å². The standard InChI is InChI=1S/2C4H10O.2C2H6O.Ti/c2*1-2-3-4-5;2*1-2-3;/h2*5H,2-4H2,1H3;2*3H,2H2,1H3;. The van der Waals surface area contributed by atoms with Crippen LogP contribution in [0.3, 0.4) is 0 Å². The summed E-state index contributed by atoms with van der Waals surface area (Å²) in [7, 11) is 0. The zero-order valence-corrected chi connectivity index (χ0v) is 13.5. The van der Waals surface area contributed by atoms with E-state index in [-0.39, 0.29) is 34.9 Å². The van der Waals surface area contributed by atoms with Gasteiger partial charge in [-0.3, -0.25) is 0 Å². The zero-order valence-electron chi connectivity index (χ0n) is 11.9. The van der Waals surface area contributed by atoms with Crippen LogP contribution < -0.4 is 0 Å². The largest absolute Gasteiger partial charge is 0.397 e. The van der Waals surface area contributed by atoms with Gasteiger partial charge in [0, 0.05) is 48.1 Å². The molecule has 0 atom stereocenters. The Kier molecular flexibility index (Phi) is 98.3. The minimum atomic E-state index is 0. The third kappa shape index (κ3) is 169. The van der Waals surface area contributed by atoms with E-state index in [2.05, 4.69) is 13.8 Å². The van der Waals surface area contributed by atoms with Gasteiger partial charge in [-0.05, 0) is 26.7 Å². The van der Waals surface area contributed by atoms with Gasteiger partial charge in [-0.1, -0.05) is 26.7 Å². The van der Waals surface area contributed by atoms with E-state index in [0.717, 1.165) is 25.7 Å². The van der Waals surface area contributed by atoms with E-state index < -0.39 is 0 Å². The summed E-state index contributed by atoms with van der Waals surface area (Å²) in [5, 5.41) is 31.3. The van der Waals surface area contributed by atoms with Crippen molar-refractivity contribution in [2.45, 2.75) is 53.4 Å². The van der Waals surface area contributed by atoms with Crippen LogP contribution in [0.2, 0.25) is 0 Å². The monoisotopic (exact) mass is 288 g/mol. The molecule has 0 heterocycles. The summed E-state index contributed by atoms with van der Waals surface area (Å²) in [4.78, 5) is 0. The fourth-order valence-electron chi connectivity index (χ4n) is 0.316. The van der Waals surface area contributed by atoms with E-state index in [1.54, 1.807) is 13.8 Å². The van der Waals surface area contributed by atoms with Crippen molar-refractivity contribution < 1.29 is 42.1 Å². The van der Waals surface area contributed by atoms with E-state index in [9.17, 15) is 0 Å². The Morgan fingerprint density at radius 2 is 0.765 bits per heavy atom. The molecule has 0 aromatic rings. The molecule has 0 radical (unpaired) electrons. The topological polar surface area (TPSA) is 80.9 Å². The van der Waals surface area contributed by atoms with Gasteiger partial charge in [0.25, 0.3) is 0 Å². The van der Waals surface area contributed by atoms with Crippen LogP contribution in [0.1, 0.15) is 53.4 Å². The minimum absolute atomic E-state index is 0. The van der Waals surface area contributed by atoms with Gasteiger partial charge in [-0.25, -0.2) is 0 Å². The molecule has 0 rings (SSSR count). The third-order valence-corrected chi connectivity index (χ3v) is 1.02. The quantitative estimate of drug-likeness (QED) is 0.592. The molecule has 0 aliphatic carbocycles. The predicted molar refractivity (Wildman–Crippen MR) is 69.5 cm³/mol. The molecule has 0 unspecified atom stereocenters. The fourth-order valence-corrected chi connectivity index (χ4v) is 0.316. The molecule has 0 bridgehead atoms. The number of hydrogen-bond acceptors (Lipinski definition) is 4. The van der Waals surface area contributed by atoms with Gasteiger partial charge >= 0.3 is 0 Å². The summed E-state index contributed by atoms with van der Waals surface area (Å²) < 4.78 is 0. The maximum Gasteiger partial charge on any atom is 0.0430 e. The Morgan fingerprint density at radius 3 is 0.765 bits per heavy atom. The number of rotatable bonds is 4. The summed E-state index contributed by atoms with van der Waals surface area (Å²) in [5.74, 6) is 0. The summed E-state index contributed by atoms with van der Waals surface area (Å²) in [6.07, 6.45) is 4.08. The number of aliphatic hydroxyl groups excluding tert-OH is 4. The summed E-state index contributed by atoms with van der Waals surface area (Å²) in [6, 6.07) is 0. The van der Waals surface area contributed by atoms with Crippen LogP contribution in [0, 0.1) is 0 Å². The molecule has 0 aliphatic rings. The number of hydrogen-bond donors (Lipinski definition) is 4. The summed E-state index contributed by atoms with van der Waals surface area (Å²) >= 11 is 0. The molecule has 0 aliphatic heterocycles. The van der Waals surface area contributed by atoms with Crippen molar-refractivity contribution in [3.05, 3.63) is 0 Å². The molecule has 5 heteroatoms. The molecular formula is C12H32O4Ti. The Labute approximate surface area is 122 Å². The van der Waals surface area contributed by atoms with Crippen LogP contribution >= 0.6 is 0 Å². The molecule has 0 spiro atoms. The average molecular weight is 288 g/mol. The molecule has 0 aromatic heterocycles. The van der Waals surface area contributed by atoms with E-state index in [1.165, 1.54) is 0 Å². The summed E-state index contributed by atoms with van der Waals surface area (Å²) in [6.45, 7) is 8.65. The van der Waals surface area contributed by atoms with Crippen molar-refractivity contribution in [2.24, 2.45) is 0 Å². The zero-order chi connectivity index (χ0) is 13.7. The van der Waals surface area contributed by atoms with Crippen molar-refractivity contribution in [3.8, 4) is 0 Å². The van der Waals surface area contributed by atoms with Crippen LogP contribution in [-0.4, -0.2) is 46.9 Å². The van der Waals surface area contributed by atoms with Gasteiger partial charge in [-0.2, -0.15) is 0 Å². The van der Waals surface area contributed by atoms with Crippen molar-refractivity contribution in [2.75, 3.05) is 26.4 Å². The van der Waals surface area contributed by atoms with E-state index in [1.807, 2.05) is 0 Å². The van der Waals surface area contributed by atoms with E-state index >= 15 is 0 Å². The fraction of sp³-hybridized carbons (Fsp3) is 1.00. The molecule has 0 fully saturated rings. The first-order valence-electron chi connectivity index (χ1n) is 6.09. The van der Waals surface area contributed by atoms with Crippen molar-refractivity contribution in [1.29, 1.82) is 0 Å². The second kappa shape index (κ2) is 54.7. The first-order valence-corrected chi connectivity index (χ1v) is 6.09. The maximum atomic E-state index is 8.07.